The van der Waals surface area contributed by atoms with Crippen LogP contribution in [0.5, 0.6) is 0 Å². The maximum Gasteiger partial charge on any atom is 0.303 e. The molecule has 204 valence electrons. The van der Waals surface area contributed by atoms with Gasteiger partial charge in [0.2, 0.25) is 0 Å². The molecule has 1 N–H and O–H groups in total. The van der Waals surface area contributed by atoms with E-state index in [1.54, 1.807) is 0 Å². The second-order valence-corrected chi connectivity index (χ2v) is 14.5. The van der Waals surface area contributed by atoms with E-state index in [2.05, 4.69) is 34.6 Å². The lowest BCUT2D eigenvalue weighted by molar-refractivity contribution is -0.178. The Morgan fingerprint density at radius 3 is 2.25 bits per heavy atom. The van der Waals surface area contributed by atoms with Crippen LogP contribution in [0.4, 0.5) is 0 Å². The molecule has 0 radical (unpaired) electrons. The molecular formula is C31H50O5. The summed E-state index contributed by atoms with van der Waals surface area (Å²) in [5.74, 6) is 2.95. The van der Waals surface area contributed by atoms with Crippen LogP contribution in [-0.2, 0) is 19.1 Å². The van der Waals surface area contributed by atoms with Crippen molar-refractivity contribution in [2.24, 2.45) is 57.7 Å². The molecule has 5 aliphatic rings. The molecule has 5 saturated carbocycles. The van der Waals surface area contributed by atoms with E-state index in [1.807, 2.05) is 0 Å². The zero-order valence-corrected chi connectivity index (χ0v) is 23.7. The molecule has 0 unspecified atom stereocenters. The number of hydrogen-bond donors (Lipinski definition) is 1. The normalized spacial score (nSPS) is 47.1. The van der Waals surface area contributed by atoms with Crippen molar-refractivity contribution in [3.05, 3.63) is 0 Å². The summed E-state index contributed by atoms with van der Waals surface area (Å²) in [5, 5.41) is 11.5. The fourth-order valence-electron chi connectivity index (χ4n) is 11.1. The molecule has 0 heterocycles. The van der Waals surface area contributed by atoms with Gasteiger partial charge < -0.3 is 14.6 Å². The highest BCUT2D eigenvalue weighted by molar-refractivity contribution is 5.67. The van der Waals surface area contributed by atoms with Crippen molar-refractivity contribution >= 4 is 11.9 Å². The Balaban J connectivity index is 1.40. The molecule has 5 heteroatoms. The average molecular weight is 503 g/mol. The Morgan fingerprint density at radius 2 is 1.64 bits per heavy atom. The predicted molar refractivity (Wildman–Crippen MR) is 139 cm³/mol. The Morgan fingerprint density at radius 1 is 0.944 bits per heavy atom. The smallest absolute Gasteiger partial charge is 0.303 e. The first-order valence-electron chi connectivity index (χ1n) is 14.9. The second kappa shape index (κ2) is 8.99. The van der Waals surface area contributed by atoms with Gasteiger partial charge in [-0.3, -0.25) is 9.59 Å². The van der Waals surface area contributed by atoms with Crippen LogP contribution in [-0.4, -0.2) is 35.4 Å². The zero-order chi connectivity index (χ0) is 26.2. The third-order valence-electron chi connectivity index (χ3n) is 12.5. The van der Waals surface area contributed by atoms with Gasteiger partial charge in [-0.2, -0.15) is 0 Å². The van der Waals surface area contributed by atoms with Gasteiger partial charge in [0, 0.05) is 25.2 Å². The Kier molecular flexibility index (Phi) is 6.62. The highest BCUT2D eigenvalue weighted by atomic mass is 16.6. The van der Waals surface area contributed by atoms with Crippen LogP contribution in [0.15, 0.2) is 0 Å². The fourth-order valence-corrected chi connectivity index (χ4v) is 11.1. The maximum absolute atomic E-state index is 12.2. The number of hydrogen-bond acceptors (Lipinski definition) is 5. The van der Waals surface area contributed by atoms with Crippen LogP contribution in [0.3, 0.4) is 0 Å². The molecule has 36 heavy (non-hydrogen) atoms. The van der Waals surface area contributed by atoms with Gasteiger partial charge in [0.15, 0.2) is 0 Å². The van der Waals surface area contributed by atoms with E-state index in [0.29, 0.717) is 35.5 Å². The first-order valence-corrected chi connectivity index (χ1v) is 14.9. The number of aliphatic hydroxyl groups is 1. The Labute approximate surface area is 218 Å². The standard InChI is InChI=1S/C31H50O5/c1-17(2)14-26(35-19(4)32)28(36-20(5)33)18(3)23-8-9-24-22-15-27(34)31-16-21(31)10-13-30(31,7)25(22)11-12-29(23,24)6/h17-18,21-28,34H,8-16H2,1-7H3/t18-,21-,22-,23+,24-,25-,26+,27+,28+,29+,30+,31-/m0/s1. The van der Waals surface area contributed by atoms with Gasteiger partial charge in [-0.25, -0.2) is 0 Å². The van der Waals surface area contributed by atoms with Crippen molar-refractivity contribution in [3.63, 3.8) is 0 Å². The van der Waals surface area contributed by atoms with Crippen molar-refractivity contribution in [3.8, 4) is 0 Å². The molecular weight excluding hydrogens is 452 g/mol. The van der Waals surface area contributed by atoms with E-state index in [0.717, 1.165) is 24.7 Å². The summed E-state index contributed by atoms with van der Waals surface area (Å²) in [5.41, 5.74) is 0.699. The van der Waals surface area contributed by atoms with E-state index in [9.17, 15) is 14.7 Å². The summed E-state index contributed by atoms with van der Waals surface area (Å²) < 4.78 is 11.8. The van der Waals surface area contributed by atoms with E-state index in [4.69, 9.17) is 9.47 Å². The monoisotopic (exact) mass is 502 g/mol. The van der Waals surface area contributed by atoms with Gasteiger partial charge in [-0.15, -0.1) is 0 Å². The molecule has 0 aromatic carbocycles. The van der Waals surface area contributed by atoms with Crippen LogP contribution < -0.4 is 0 Å². The molecule has 1 spiro atoms. The molecule has 0 amide bonds. The minimum atomic E-state index is -0.424. The molecule has 0 saturated heterocycles. The second-order valence-electron chi connectivity index (χ2n) is 14.5. The number of aliphatic hydroxyl groups excluding tert-OH is 1. The highest BCUT2D eigenvalue weighted by Crippen LogP contribution is 2.81. The fraction of sp³-hybridized carbons (Fsp3) is 0.935. The lowest BCUT2D eigenvalue weighted by Crippen LogP contribution is -2.57. The number of ether oxygens (including phenoxy) is 2. The number of carbonyl (C=O) groups is 2. The van der Waals surface area contributed by atoms with E-state index in [-0.39, 0.29) is 34.8 Å². The minimum Gasteiger partial charge on any atom is -0.459 e. The van der Waals surface area contributed by atoms with Gasteiger partial charge >= 0.3 is 11.9 Å². The van der Waals surface area contributed by atoms with Crippen molar-refractivity contribution in [2.75, 3.05) is 0 Å². The Hall–Kier alpha value is -1.10. The molecule has 5 fully saturated rings. The molecule has 5 nitrogen and oxygen atoms in total. The lowest BCUT2D eigenvalue weighted by Gasteiger charge is -2.60. The SMILES string of the molecule is CC(=O)O[C@H]([C@@H](C)[C@H]1CC[C@H]2[C@@H]3C[C@@H](O)[C@]45C[C@@H]4CC[C@]5(C)[C@H]3CC[C@]12C)[C@@H](CC(C)C)OC(C)=O. The van der Waals surface area contributed by atoms with Crippen molar-refractivity contribution in [2.45, 2.75) is 125 Å². The number of rotatable bonds is 7. The van der Waals surface area contributed by atoms with Gasteiger partial charge in [0.1, 0.15) is 12.2 Å². The van der Waals surface area contributed by atoms with Crippen molar-refractivity contribution in [1.29, 1.82) is 0 Å². The van der Waals surface area contributed by atoms with E-state index in [1.165, 1.54) is 52.4 Å². The van der Waals surface area contributed by atoms with Crippen LogP contribution >= 0.6 is 0 Å². The molecule has 0 bridgehead atoms. The number of carbonyl (C=O) groups excluding carboxylic acids is 2. The first kappa shape index (κ1) is 26.5. The summed E-state index contributed by atoms with van der Waals surface area (Å²) in [6.45, 7) is 14.4. The zero-order valence-electron chi connectivity index (χ0n) is 23.7. The summed E-state index contributed by atoms with van der Waals surface area (Å²) in [4.78, 5) is 24.2. The molecule has 0 aromatic heterocycles. The van der Waals surface area contributed by atoms with Gasteiger partial charge in [0.05, 0.1) is 6.10 Å². The first-order chi connectivity index (χ1) is 16.8. The van der Waals surface area contributed by atoms with E-state index >= 15 is 0 Å². The third-order valence-corrected chi connectivity index (χ3v) is 12.5. The van der Waals surface area contributed by atoms with E-state index < -0.39 is 12.2 Å². The molecule has 5 rings (SSSR count). The third kappa shape index (κ3) is 3.80. The molecule has 5 aliphatic carbocycles. The van der Waals surface area contributed by atoms with Gasteiger partial charge in [-0.1, -0.05) is 34.6 Å². The highest BCUT2D eigenvalue weighted by Gasteiger charge is 2.77. The van der Waals surface area contributed by atoms with Crippen LogP contribution in [0.1, 0.15) is 106 Å². The minimum absolute atomic E-state index is 0.110. The van der Waals surface area contributed by atoms with Crippen LogP contribution in [0.25, 0.3) is 0 Å². The summed E-state index contributed by atoms with van der Waals surface area (Å²) >= 11 is 0. The van der Waals surface area contributed by atoms with Crippen molar-refractivity contribution in [1.82, 2.24) is 0 Å². The van der Waals surface area contributed by atoms with Gasteiger partial charge in [-0.05, 0) is 104 Å². The van der Waals surface area contributed by atoms with Crippen molar-refractivity contribution < 1.29 is 24.2 Å². The predicted octanol–water partition coefficient (Wildman–Crippen LogP) is 6.16. The largest absolute Gasteiger partial charge is 0.459 e. The average Bonchev–Trinajstić information content (AvgIpc) is 3.30. The topological polar surface area (TPSA) is 72.8 Å². The quantitative estimate of drug-likeness (QED) is 0.422. The molecule has 0 aromatic rings. The Bertz CT molecular complexity index is 884. The lowest BCUT2D eigenvalue weighted by atomic mass is 9.45. The molecule has 0 aliphatic heterocycles. The number of esters is 2. The van der Waals surface area contributed by atoms with Crippen LogP contribution in [0.2, 0.25) is 0 Å². The summed E-state index contributed by atoms with van der Waals surface area (Å²) in [6, 6.07) is 0. The van der Waals surface area contributed by atoms with Gasteiger partial charge in [0.25, 0.3) is 0 Å². The number of fused-ring (bicyclic) bond motifs is 4. The summed E-state index contributed by atoms with van der Waals surface area (Å²) in [6.07, 6.45) is 9.36. The maximum atomic E-state index is 12.2. The summed E-state index contributed by atoms with van der Waals surface area (Å²) in [7, 11) is 0. The van der Waals surface area contributed by atoms with Crippen LogP contribution in [0, 0.1) is 57.7 Å². The molecule has 12 atom stereocenters.